The van der Waals surface area contributed by atoms with E-state index in [1.807, 2.05) is 44.2 Å². The SMILES string of the molecule is CC.[B]n1c(-c2ccccc2)nc2c1=CCCC=2. The summed E-state index contributed by atoms with van der Waals surface area (Å²) >= 11 is 0. The minimum Gasteiger partial charge on any atom is -0.381 e. The smallest absolute Gasteiger partial charge is 0.236 e. The Hall–Kier alpha value is -1.77. The van der Waals surface area contributed by atoms with Gasteiger partial charge in [0.05, 0.1) is 10.7 Å². The lowest BCUT2D eigenvalue weighted by molar-refractivity contribution is 1.07. The predicted octanol–water partition coefficient (Wildman–Crippen LogP) is 1.86. The van der Waals surface area contributed by atoms with Crippen molar-refractivity contribution in [2.24, 2.45) is 0 Å². The fraction of sp³-hybridized carbons (Fsp3) is 0.267. The molecule has 0 bridgehead atoms. The molecule has 1 aromatic carbocycles. The molecule has 2 aromatic rings. The number of nitrogens with zero attached hydrogens (tertiary/aromatic N) is 2. The summed E-state index contributed by atoms with van der Waals surface area (Å²) in [5.74, 6) is 0.833. The first-order valence-corrected chi connectivity index (χ1v) is 6.46. The molecule has 90 valence electrons. The second-order valence-corrected chi connectivity index (χ2v) is 3.93. The van der Waals surface area contributed by atoms with Gasteiger partial charge in [0.1, 0.15) is 5.82 Å². The Morgan fingerprint density at radius 3 is 2.39 bits per heavy atom. The fourth-order valence-corrected chi connectivity index (χ4v) is 2.05. The van der Waals surface area contributed by atoms with Gasteiger partial charge in [0.15, 0.2) is 0 Å². The van der Waals surface area contributed by atoms with Gasteiger partial charge in [0.25, 0.3) is 0 Å². The van der Waals surface area contributed by atoms with Crippen molar-refractivity contribution in [3.05, 3.63) is 41.0 Å². The van der Waals surface area contributed by atoms with Gasteiger partial charge < -0.3 is 4.48 Å². The molecule has 2 radical (unpaired) electrons. The Balaban J connectivity index is 0.000000574. The standard InChI is InChI=1S/C13H11BN2.C2H6/c14-16-12-9-5-4-8-11(12)15-13(16)10-6-2-1-3-7-10;1-2/h1-3,6-9H,4-5H2;1-2H3. The van der Waals surface area contributed by atoms with E-state index in [1.54, 1.807) is 4.48 Å². The third-order valence-corrected chi connectivity index (χ3v) is 2.85. The van der Waals surface area contributed by atoms with Crippen LogP contribution in [-0.2, 0) is 0 Å². The molecular weight excluding hydrogens is 219 g/mol. The summed E-state index contributed by atoms with van der Waals surface area (Å²) in [6.45, 7) is 4.00. The lowest BCUT2D eigenvalue weighted by Gasteiger charge is -2.02. The summed E-state index contributed by atoms with van der Waals surface area (Å²) < 4.78 is 1.68. The van der Waals surface area contributed by atoms with Crippen LogP contribution in [0.2, 0.25) is 0 Å². The van der Waals surface area contributed by atoms with Crippen LogP contribution >= 0.6 is 0 Å². The number of fused-ring (bicyclic) bond motifs is 1. The summed E-state index contributed by atoms with van der Waals surface area (Å²) in [6.07, 6.45) is 6.39. The fourth-order valence-electron chi connectivity index (χ4n) is 2.05. The van der Waals surface area contributed by atoms with Gasteiger partial charge in [-0.2, -0.15) is 0 Å². The van der Waals surface area contributed by atoms with Gasteiger partial charge in [0, 0.05) is 5.56 Å². The van der Waals surface area contributed by atoms with Crippen molar-refractivity contribution in [1.82, 2.24) is 9.46 Å². The van der Waals surface area contributed by atoms with Crippen LogP contribution in [0.25, 0.3) is 23.5 Å². The second-order valence-electron chi connectivity index (χ2n) is 3.93. The first-order valence-electron chi connectivity index (χ1n) is 6.46. The number of rotatable bonds is 1. The monoisotopic (exact) mass is 236 g/mol. The highest BCUT2D eigenvalue weighted by molar-refractivity contribution is 6.08. The van der Waals surface area contributed by atoms with Gasteiger partial charge in [-0.25, -0.2) is 4.98 Å². The molecule has 1 heterocycles. The minimum absolute atomic E-state index is 0.833. The van der Waals surface area contributed by atoms with Gasteiger partial charge >= 0.3 is 0 Å². The first-order chi connectivity index (χ1) is 8.86. The average Bonchev–Trinajstić information content (AvgIpc) is 2.80. The summed E-state index contributed by atoms with van der Waals surface area (Å²) in [7, 11) is 6.06. The van der Waals surface area contributed by atoms with Crippen LogP contribution in [0.3, 0.4) is 0 Å². The van der Waals surface area contributed by atoms with Crippen molar-refractivity contribution in [3.63, 3.8) is 0 Å². The Morgan fingerprint density at radius 2 is 1.72 bits per heavy atom. The molecule has 0 amide bonds. The van der Waals surface area contributed by atoms with Crippen molar-refractivity contribution < 1.29 is 0 Å². The molecular formula is C15H17BN2. The zero-order valence-electron chi connectivity index (χ0n) is 10.9. The summed E-state index contributed by atoms with van der Waals surface area (Å²) in [5.41, 5.74) is 1.06. The maximum Gasteiger partial charge on any atom is 0.236 e. The van der Waals surface area contributed by atoms with E-state index in [0.29, 0.717) is 0 Å². The minimum atomic E-state index is 0.833. The van der Waals surface area contributed by atoms with Crippen LogP contribution in [0.4, 0.5) is 0 Å². The zero-order valence-corrected chi connectivity index (χ0v) is 10.9. The van der Waals surface area contributed by atoms with Crippen LogP contribution in [0.1, 0.15) is 26.7 Å². The molecule has 0 fully saturated rings. The number of hydrogen-bond acceptors (Lipinski definition) is 1. The third-order valence-electron chi connectivity index (χ3n) is 2.85. The van der Waals surface area contributed by atoms with Crippen molar-refractivity contribution in [2.75, 3.05) is 0 Å². The van der Waals surface area contributed by atoms with Gasteiger partial charge in [0.2, 0.25) is 7.98 Å². The van der Waals surface area contributed by atoms with E-state index in [1.165, 1.54) is 0 Å². The molecule has 0 saturated heterocycles. The van der Waals surface area contributed by atoms with Crippen molar-refractivity contribution >= 4 is 20.1 Å². The van der Waals surface area contributed by atoms with Gasteiger partial charge in [-0.3, -0.25) is 0 Å². The predicted molar refractivity (Wildman–Crippen MR) is 77.6 cm³/mol. The molecule has 0 unspecified atom stereocenters. The van der Waals surface area contributed by atoms with Gasteiger partial charge in [-0.15, -0.1) is 0 Å². The highest BCUT2D eigenvalue weighted by Gasteiger charge is 2.07. The number of benzene rings is 1. The summed E-state index contributed by atoms with van der Waals surface area (Å²) in [6, 6.07) is 10.0. The maximum absolute atomic E-state index is 6.06. The Kier molecular flexibility index (Phi) is 4.03. The Morgan fingerprint density at radius 1 is 1.06 bits per heavy atom. The summed E-state index contributed by atoms with van der Waals surface area (Å²) in [4.78, 5) is 4.57. The van der Waals surface area contributed by atoms with Crippen LogP contribution in [0.15, 0.2) is 30.3 Å². The summed E-state index contributed by atoms with van der Waals surface area (Å²) in [5, 5.41) is 2.04. The van der Waals surface area contributed by atoms with E-state index >= 15 is 0 Å². The van der Waals surface area contributed by atoms with E-state index in [2.05, 4.69) is 17.1 Å². The van der Waals surface area contributed by atoms with E-state index in [4.69, 9.17) is 7.98 Å². The molecule has 3 heteroatoms. The Labute approximate surface area is 109 Å². The number of aromatic nitrogens is 2. The van der Waals surface area contributed by atoms with Crippen LogP contribution < -0.4 is 10.7 Å². The second kappa shape index (κ2) is 5.72. The third kappa shape index (κ3) is 2.26. The van der Waals surface area contributed by atoms with Gasteiger partial charge in [-0.1, -0.05) is 56.3 Å². The molecule has 0 N–H and O–H groups in total. The van der Waals surface area contributed by atoms with Crippen LogP contribution in [-0.4, -0.2) is 17.4 Å². The number of hydrogen-bond donors (Lipinski definition) is 0. The highest BCUT2D eigenvalue weighted by atomic mass is 15.0. The molecule has 2 nitrogen and oxygen atoms in total. The van der Waals surface area contributed by atoms with Crippen LogP contribution in [0.5, 0.6) is 0 Å². The van der Waals surface area contributed by atoms with E-state index in [9.17, 15) is 0 Å². The quantitative estimate of drug-likeness (QED) is 0.691. The van der Waals surface area contributed by atoms with E-state index < -0.39 is 0 Å². The molecule has 1 aliphatic carbocycles. The molecule has 0 aliphatic heterocycles. The Bertz CT molecular complexity index is 627. The molecule has 3 rings (SSSR count). The lowest BCUT2D eigenvalue weighted by atomic mass is 10.2. The largest absolute Gasteiger partial charge is 0.381 e. The topological polar surface area (TPSA) is 17.8 Å². The van der Waals surface area contributed by atoms with Crippen molar-refractivity contribution in [2.45, 2.75) is 26.7 Å². The molecule has 0 saturated carbocycles. The van der Waals surface area contributed by atoms with Gasteiger partial charge in [-0.05, 0) is 12.8 Å². The van der Waals surface area contributed by atoms with E-state index in [0.717, 1.165) is 34.9 Å². The lowest BCUT2D eigenvalue weighted by Crippen LogP contribution is -2.31. The average molecular weight is 236 g/mol. The van der Waals surface area contributed by atoms with Crippen LogP contribution in [0, 0.1) is 0 Å². The van der Waals surface area contributed by atoms with Crippen molar-refractivity contribution in [3.8, 4) is 11.4 Å². The molecule has 18 heavy (non-hydrogen) atoms. The molecule has 1 aromatic heterocycles. The number of imidazole rings is 1. The molecule has 1 aliphatic rings. The zero-order chi connectivity index (χ0) is 13.0. The van der Waals surface area contributed by atoms with E-state index in [-0.39, 0.29) is 0 Å². The highest BCUT2D eigenvalue weighted by Crippen LogP contribution is 2.12. The van der Waals surface area contributed by atoms with Crippen molar-refractivity contribution in [1.29, 1.82) is 0 Å². The first kappa shape index (κ1) is 12.7. The molecule has 0 spiro atoms. The molecule has 0 atom stereocenters. The normalized spacial score (nSPS) is 12.6. The maximum atomic E-state index is 6.06.